The Morgan fingerprint density at radius 1 is 1.47 bits per heavy atom. The molecule has 1 aliphatic heterocycles. The second-order valence-electron chi connectivity index (χ2n) is 4.15. The zero-order chi connectivity index (χ0) is 12.8. The summed E-state index contributed by atoms with van der Waals surface area (Å²) in [4.78, 5) is 32.9. The lowest BCUT2D eigenvalue weighted by Gasteiger charge is -2.14. The average molecular weight is 242 g/mol. The number of nitrogens with one attached hydrogen (secondary N) is 2. The van der Waals surface area contributed by atoms with Gasteiger partial charge in [-0.2, -0.15) is 0 Å². The first-order valence-corrected chi connectivity index (χ1v) is 5.59. The summed E-state index contributed by atoms with van der Waals surface area (Å²) in [5, 5.41) is 4.98. The average Bonchev–Trinajstić information content (AvgIpc) is 2.74. The van der Waals surface area contributed by atoms with Crippen molar-refractivity contribution in [3.63, 3.8) is 0 Å². The van der Waals surface area contributed by atoms with Gasteiger partial charge in [-0.05, 0) is 19.3 Å². The van der Waals surface area contributed by atoms with E-state index in [1.807, 2.05) is 0 Å². The number of urea groups is 1. The molecule has 1 heterocycles. The number of aldehydes is 1. The third kappa shape index (κ3) is 4.12. The molecule has 1 rings (SSSR count). The van der Waals surface area contributed by atoms with Crippen LogP contribution in [0, 0.1) is 0 Å². The lowest BCUT2D eigenvalue weighted by atomic mass is 10.00. The van der Waals surface area contributed by atoms with Gasteiger partial charge in [0.2, 0.25) is 0 Å². The molecule has 2 amide bonds. The van der Waals surface area contributed by atoms with Gasteiger partial charge in [0.25, 0.3) is 0 Å². The van der Waals surface area contributed by atoms with E-state index in [9.17, 15) is 14.4 Å². The van der Waals surface area contributed by atoms with Crippen molar-refractivity contribution in [3.8, 4) is 0 Å². The minimum absolute atomic E-state index is 0.192. The molecule has 0 aromatic carbocycles. The number of ketones is 1. The summed E-state index contributed by atoms with van der Waals surface area (Å²) in [7, 11) is 0. The summed E-state index contributed by atoms with van der Waals surface area (Å²) in [6, 6.07) is -2.01. The molecule has 7 heteroatoms. The standard InChI is InChI=1S/C10H18N4O3/c11-6(5-15)2-1-3-7(12)9(16)8-4-13-10(17)14-8/h5-8H,1-4,11-12H2,(H2,13,14,17)/t6-,7?,8?/m0/s1. The van der Waals surface area contributed by atoms with Crippen LogP contribution in [0.5, 0.6) is 0 Å². The fourth-order valence-corrected chi connectivity index (χ4v) is 1.67. The number of rotatable bonds is 7. The largest absolute Gasteiger partial charge is 0.336 e. The van der Waals surface area contributed by atoms with Gasteiger partial charge in [0.15, 0.2) is 5.78 Å². The SMILES string of the molecule is NC(CCC[C@H](N)C=O)C(=O)C1CNC(=O)N1. The topological polar surface area (TPSA) is 127 Å². The lowest BCUT2D eigenvalue weighted by Crippen LogP contribution is -2.45. The maximum Gasteiger partial charge on any atom is 0.315 e. The fourth-order valence-electron chi connectivity index (χ4n) is 1.67. The fraction of sp³-hybridized carbons (Fsp3) is 0.700. The van der Waals surface area contributed by atoms with Crippen molar-refractivity contribution in [1.82, 2.24) is 10.6 Å². The molecular weight excluding hydrogens is 224 g/mol. The van der Waals surface area contributed by atoms with Gasteiger partial charge in [-0.15, -0.1) is 0 Å². The van der Waals surface area contributed by atoms with Crippen LogP contribution in [0.4, 0.5) is 4.79 Å². The van der Waals surface area contributed by atoms with E-state index in [-0.39, 0.29) is 18.4 Å². The zero-order valence-electron chi connectivity index (χ0n) is 9.52. The number of hydrogen-bond donors (Lipinski definition) is 4. The Kier molecular flexibility index (Phi) is 5.05. The van der Waals surface area contributed by atoms with Crippen LogP contribution in [-0.4, -0.2) is 42.8 Å². The Morgan fingerprint density at radius 3 is 2.71 bits per heavy atom. The molecule has 0 bridgehead atoms. The molecule has 6 N–H and O–H groups in total. The number of hydrogen-bond acceptors (Lipinski definition) is 5. The summed E-state index contributed by atoms with van der Waals surface area (Å²) in [5.41, 5.74) is 11.1. The minimum atomic E-state index is -0.626. The number of amides is 2. The van der Waals surface area contributed by atoms with E-state index in [2.05, 4.69) is 10.6 Å². The van der Waals surface area contributed by atoms with Crippen LogP contribution in [0.25, 0.3) is 0 Å². The highest BCUT2D eigenvalue weighted by atomic mass is 16.2. The third-order valence-corrected chi connectivity index (χ3v) is 2.71. The van der Waals surface area contributed by atoms with Crippen molar-refractivity contribution in [3.05, 3.63) is 0 Å². The Bertz CT molecular complexity index is 308. The molecule has 7 nitrogen and oxygen atoms in total. The molecule has 0 spiro atoms. The van der Waals surface area contributed by atoms with E-state index < -0.39 is 18.1 Å². The van der Waals surface area contributed by atoms with Crippen molar-refractivity contribution >= 4 is 18.1 Å². The van der Waals surface area contributed by atoms with E-state index in [0.29, 0.717) is 25.5 Å². The molecule has 0 saturated carbocycles. The summed E-state index contributed by atoms with van der Waals surface area (Å²) < 4.78 is 0. The highest BCUT2D eigenvalue weighted by Gasteiger charge is 2.29. The van der Waals surface area contributed by atoms with Gasteiger partial charge in [0.05, 0.1) is 12.1 Å². The molecule has 2 unspecified atom stereocenters. The zero-order valence-corrected chi connectivity index (χ0v) is 9.52. The van der Waals surface area contributed by atoms with Crippen LogP contribution in [0.3, 0.4) is 0 Å². The van der Waals surface area contributed by atoms with Crippen LogP contribution >= 0.6 is 0 Å². The number of Topliss-reactive ketones (excluding diaryl/α,β-unsaturated/α-hetero) is 1. The Hall–Kier alpha value is -1.47. The van der Waals surface area contributed by atoms with Crippen molar-refractivity contribution in [1.29, 1.82) is 0 Å². The second kappa shape index (κ2) is 6.31. The molecule has 96 valence electrons. The highest BCUT2D eigenvalue weighted by Crippen LogP contribution is 2.05. The van der Waals surface area contributed by atoms with Gasteiger partial charge in [-0.3, -0.25) is 4.79 Å². The van der Waals surface area contributed by atoms with Crippen molar-refractivity contribution in [2.75, 3.05) is 6.54 Å². The van der Waals surface area contributed by atoms with Crippen LogP contribution in [0.2, 0.25) is 0 Å². The van der Waals surface area contributed by atoms with Gasteiger partial charge in [0.1, 0.15) is 12.3 Å². The molecular formula is C10H18N4O3. The van der Waals surface area contributed by atoms with Crippen LogP contribution in [0.15, 0.2) is 0 Å². The van der Waals surface area contributed by atoms with Crippen molar-refractivity contribution in [2.24, 2.45) is 11.5 Å². The van der Waals surface area contributed by atoms with Crippen LogP contribution in [0.1, 0.15) is 19.3 Å². The number of carbonyl (C=O) groups is 3. The molecule has 1 aliphatic rings. The van der Waals surface area contributed by atoms with Crippen molar-refractivity contribution in [2.45, 2.75) is 37.4 Å². The summed E-state index contributed by atoms with van der Waals surface area (Å²) in [6.45, 7) is 0.277. The predicted molar refractivity (Wildman–Crippen MR) is 61.2 cm³/mol. The normalized spacial score (nSPS) is 22.5. The number of carbonyl (C=O) groups excluding carboxylic acids is 3. The Balaban J connectivity index is 2.27. The first-order chi connectivity index (χ1) is 8.04. The first kappa shape index (κ1) is 13.6. The van der Waals surface area contributed by atoms with Gasteiger partial charge in [-0.1, -0.05) is 0 Å². The van der Waals surface area contributed by atoms with Crippen LogP contribution in [-0.2, 0) is 9.59 Å². The van der Waals surface area contributed by atoms with Gasteiger partial charge in [-0.25, -0.2) is 4.79 Å². The molecule has 0 aromatic heterocycles. The minimum Gasteiger partial charge on any atom is -0.336 e. The van der Waals surface area contributed by atoms with E-state index >= 15 is 0 Å². The van der Waals surface area contributed by atoms with E-state index in [4.69, 9.17) is 11.5 Å². The molecule has 0 aromatic rings. The van der Waals surface area contributed by atoms with Crippen molar-refractivity contribution < 1.29 is 14.4 Å². The Labute approximate surface area is 99.3 Å². The third-order valence-electron chi connectivity index (χ3n) is 2.71. The number of nitrogens with two attached hydrogens (primary N) is 2. The first-order valence-electron chi connectivity index (χ1n) is 5.59. The van der Waals surface area contributed by atoms with E-state index in [1.165, 1.54) is 0 Å². The maximum absolute atomic E-state index is 11.8. The molecule has 0 radical (unpaired) electrons. The molecule has 0 aliphatic carbocycles. The lowest BCUT2D eigenvalue weighted by molar-refractivity contribution is -0.121. The second-order valence-corrected chi connectivity index (χ2v) is 4.15. The quantitative estimate of drug-likeness (QED) is 0.394. The summed E-state index contributed by atoms with van der Waals surface area (Å²) in [5.74, 6) is -0.192. The molecule has 3 atom stereocenters. The molecule has 1 saturated heterocycles. The van der Waals surface area contributed by atoms with E-state index in [0.717, 1.165) is 0 Å². The summed E-state index contributed by atoms with van der Waals surface area (Å²) in [6.07, 6.45) is 2.27. The maximum atomic E-state index is 11.8. The van der Waals surface area contributed by atoms with Crippen LogP contribution < -0.4 is 22.1 Å². The monoisotopic (exact) mass is 242 g/mol. The smallest absolute Gasteiger partial charge is 0.315 e. The van der Waals surface area contributed by atoms with Gasteiger partial charge in [0, 0.05) is 6.54 Å². The molecule has 1 fully saturated rings. The predicted octanol–water partition coefficient (Wildman–Crippen LogP) is -1.74. The van der Waals surface area contributed by atoms with E-state index in [1.54, 1.807) is 0 Å². The molecule has 17 heavy (non-hydrogen) atoms. The van der Waals surface area contributed by atoms with Gasteiger partial charge < -0.3 is 26.9 Å². The highest BCUT2D eigenvalue weighted by molar-refractivity contribution is 5.94. The van der Waals surface area contributed by atoms with Gasteiger partial charge >= 0.3 is 6.03 Å². The Morgan fingerprint density at radius 2 is 2.18 bits per heavy atom. The summed E-state index contributed by atoms with van der Waals surface area (Å²) >= 11 is 0.